The smallest absolute Gasteiger partial charge is 0.156 e. The zero-order valence-electron chi connectivity index (χ0n) is 10.4. The van der Waals surface area contributed by atoms with Crippen LogP contribution in [-0.2, 0) is 11.2 Å². The molecular weight excluding hydrogens is 269 g/mol. The number of ketones is 1. The molecule has 1 aliphatic heterocycles. The second kappa shape index (κ2) is 5.60. The van der Waals surface area contributed by atoms with Crippen LogP contribution in [0.5, 0.6) is 0 Å². The molecule has 0 radical (unpaired) electrons. The lowest BCUT2D eigenvalue weighted by molar-refractivity contribution is -0.125. The van der Waals surface area contributed by atoms with Crippen molar-refractivity contribution in [1.82, 2.24) is 5.32 Å². The average molecular weight is 286 g/mol. The summed E-state index contributed by atoms with van der Waals surface area (Å²) in [6.07, 6.45) is 3.46. The van der Waals surface area contributed by atoms with E-state index in [4.69, 9.17) is 23.2 Å². The molecule has 1 heterocycles. The Morgan fingerprint density at radius 2 is 2.17 bits per heavy atom. The molecule has 1 aromatic carbocycles. The highest BCUT2D eigenvalue weighted by Gasteiger charge is 2.33. The Morgan fingerprint density at radius 3 is 2.83 bits per heavy atom. The fourth-order valence-electron chi connectivity index (χ4n) is 2.34. The Morgan fingerprint density at radius 1 is 1.39 bits per heavy atom. The number of halogens is 2. The van der Waals surface area contributed by atoms with Crippen LogP contribution in [0.1, 0.15) is 31.7 Å². The first-order valence-electron chi connectivity index (χ1n) is 6.23. The van der Waals surface area contributed by atoms with Crippen molar-refractivity contribution in [2.45, 2.75) is 38.1 Å². The quantitative estimate of drug-likeness (QED) is 0.919. The van der Waals surface area contributed by atoms with E-state index in [1.165, 1.54) is 0 Å². The van der Waals surface area contributed by atoms with Crippen molar-refractivity contribution in [3.63, 3.8) is 0 Å². The van der Waals surface area contributed by atoms with Crippen molar-refractivity contribution in [3.8, 4) is 0 Å². The molecule has 1 fully saturated rings. The van der Waals surface area contributed by atoms with E-state index in [-0.39, 0.29) is 5.78 Å². The van der Waals surface area contributed by atoms with Gasteiger partial charge in [0.1, 0.15) is 0 Å². The number of piperidine rings is 1. The SMILES string of the molecule is CC1(C(=O)Cc2cc(Cl)ccc2Cl)CCCCN1. The van der Waals surface area contributed by atoms with Crippen LogP contribution in [0.2, 0.25) is 10.0 Å². The second-order valence-electron chi connectivity index (χ2n) is 5.05. The van der Waals surface area contributed by atoms with Gasteiger partial charge >= 0.3 is 0 Å². The minimum atomic E-state index is -0.413. The predicted octanol–water partition coefficient (Wildman–Crippen LogP) is 3.64. The number of benzene rings is 1. The highest BCUT2D eigenvalue weighted by Crippen LogP contribution is 2.25. The summed E-state index contributed by atoms with van der Waals surface area (Å²) >= 11 is 12.0. The lowest BCUT2D eigenvalue weighted by atomic mass is 9.84. The summed E-state index contributed by atoms with van der Waals surface area (Å²) in [6.45, 7) is 2.89. The molecule has 0 amide bonds. The van der Waals surface area contributed by atoms with Crippen molar-refractivity contribution >= 4 is 29.0 Å². The number of Topliss-reactive ketones (excluding diaryl/α,β-unsaturated/α-hetero) is 1. The van der Waals surface area contributed by atoms with Gasteiger partial charge in [0.2, 0.25) is 0 Å². The zero-order chi connectivity index (χ0) is 13.2. The third-order valence-corrected chi connectivity index (χ3v) is 4.20. The van der Waals surface area contributed by atoms with Crippen molar-refractivity contribution in [1.29, 1.82) is 0 Å². The number of carbonyl (C=O) groups is 1. The first-order chi connectivity index (χ1) is 8.51. The van der Waals surface area contributed by atoms with Gasteiger partial charge < -0.3 is 5.32 Å². The third kappa shape index (κ3) is 3.05. The fourth-order valence-corrected chi connectivity index (χ4v) is 2.72. The Labute approximate surface area is 118 Å². The molecule has 4 heteroatoms. The summed E-state index contributed by atoms with van der Waals surface area (Å²) < 4.78 is 0. The van der Waals surface area contributed by atoms with Crippen LogP contribution in [0.15, 0.2) is 18.2 Å². The summed E-state index contributed by atoms with van der Waals surface area (Å²) in [5, 5.41) is 4.54. The van der Waals surface area contributed by atoms with Crippen LogP contribution >= 0.6 is 23.2 Å². The summed E-state index contributed by atoms with van der Waals surface area (Å²) in [7, 11) is 0. The van der Waals surface area contributed by atoms with Gasteiger partial charge in [-0.3, -0.25) is 4.79 Å². The fraction of sp³-hybridized carbons (Fsp3) is 0.500. The maximum absolute atomic E-state index is 12.4. The number of rotatable bonds is 3. The molecule has 0 saturated carbocycles. The summed E-state index contributed by atoms with van der Waals surface area (Å²) in [4.78, 5) is 12.4. The Hall–Kier alpha value is -0.570. The van der Waals surface area contributed by atoms with Crippen LogP contribution < -0.4 is 5.32 Å². The molecular formula is C14H17Cl2NO. The molecule has 1 saturated heterocycles. The van der Waals surface area contributed by atoms with E-state index >= 15 is 0 Å². The minimum Gasteiger partial charge on any atom is -0.305 e. The van der Waals surface area contributed by atoms with Crippen LogP contribution in [-0.4, -0.2) is 17.9 Å². The molecule has 2 nitrogen and oxygen atoms in total. The van der Waals surface area contributed by atoms with Gasteiger partial charge in [-0.2, -0.15) is 0 Å². The molecule has 98 valence electrons. The zero-order valence-corrected chi connectivity index (χ0v) is 11.9. The molecule has 2 rings (SSSR count). The topological polar surface area (TPSA) is 29.1 Å². The molecule has 1 N–H and O–H groups in total. The molecule has 0 aliphatic carbocycles. The van der Waals surface area contributed by atoms with Gasteiger partial charge in [0.15, 0.2) is 5.78 Å². The van der Waals surface area contributed by atoms with Crippen molar-refractivity contribution in [3.05, 3.63) is 33.8 Å². The molecule has 1 aliphatic rings. The van der Waals surface area contributed by atoms with E-state index in [9.17, 15) is 4.79 Å². The van der Waals surface area contributed by atoms with Crippen LogP contribution in [0, 0.1) is 0 Å². The molecule has 1 unspecified atom stereocenters. The maximum Gasteiger partial charge on any atom is 0.156 e. The number of nitrogens with one attached hydrogen (secondary N) is 1. The highest BCUT2D eigenvalue weighted by molar-refractivity contribution is 6.33. The van der Waals surface area contributed by atoms with Crippen LogP contribution in [0.3, 0.4) is 0 Å². The van der Waals surface area contributed by atoms with Crippen molar-refractivity contribution in [2.24, 2.45) is 0 Å². The Balaban J connectivity index is 2.13. The molecule has 0 bridgehead atoms. The minimum absolute atomic E-state index is 0.186. The Bertz CT molecular complexity index is 453. The average Bonchev–Trinajstić information content (AvgIpc) is 2.35. The van der Waals surface area contributed by atoms with E-state index in [0.717, 1.165) is 31.4 Å². The summed E-state index contributed by atoms with van der Waals surface area (Å²) in [5.41, 5.74) is 0.395. The predicted molar refractivity (Wildman–Crippen MR) is 75.4 cm³/mol. The largest absolute Gasteiger partial charge is 0.305 e. The van der Waals surface area contributed by atoms with Crippen LogP contribution in [0.4, 0.5) is 0 Å². The van der Waals surface area contributed by atoms with Gasteiger partial charge in [-0.25, -0.2) is 0 Å². The molecule has 0 spiro atoms. The lowest BCUT2D eigenvalue weighted by Gasteiger charge is -2.33. The van der Waals surface area contributed by atoms with E-state index in [0.29, 0.717) is 16.5 Å². The second-order valence-corrected chi connectivity index (χ2v) is 5.90. The normalized spacial score (nSPS) is 23.9. The summed E-state index contributed by atoms with van der Waals surface area (Å²) in [5.74, 6) is 0.186. The number of hydrogen-bond acceptors (Lipinski definition) is 2. The van der Waals surface area contributed by atoms with E-state index < -0.39 is 5.54 Å². The van der Waals surface area contributed by atoms with Gasteiger partial charge in [-0.15, -0.1) is 0 Å². The van der Waals surface area contributed by atoms with Crippen LogP contribution in [0.25, 0.3) is 0 Å². The highest BCUT2D eigenvalue weighted by atomic mass is 35.5. The lowest BCUT2D eigenvalue weighted by Crippen LogP contribution is -2.52. The van der Waals surface area contributed by atoms with E-state index in [2.05, 4.69) is 5.32 Å². The van der Waals surface area contributed by atoms with Gasteiger partial charge in [0.05, 0.1) is 5.54 Å². The standard InChI is InChI=1S/C14H17Cl2NO/c1-14(6-2-3-7-17-14)13(18)9-10-8-11(15)4-5-12(10)16/h4-5,8,17H,2-3,6-7,9H2,1H3. The monoisotopic (exact) mass is 285 g/mol. The third-order valence-electron chi connectivity index (χ3n) is 3.59. The molecule has 0 aromatic heterocycles. The Kier molecular flexibility index (Phi) is 4.31. The first kappa shape index (κ1) is 13.9. The number of carbonyl (C=O) groups excluding carboxylic acids is 1. The molecule has 18 heavy (non-hydrogen) atoms. The maximum atomic E-state index is 12.4. The molecule has 1 atom stereocenters. The van der Waals surface area contributed by atoms with Gasteiger partial charge in [-0.05, 0) is 56.5 Å². The van der Waals surface area contributed by atoms with E-state index in [1.807, 2.05) is 6.92 Å². The van der Waals surface area contributed by atoms with Gasteiger partial charge in [0, 0.05) is 16.5 Å². The van der Waals surface area contributed by atoms with Crippen molar-refractivity contribution < 1.29 is 4.79 Å². The van der Waals surface area contributed by atoms with Crippen molar-refractivity contribution in [2.75, 3.05) is 6.54 Å². The first-order valence-corrected chi connectivity index (χ1v) is 6.99. The van der Waals surface area contributed by atoms with Gasteiger partial charge in [0.25, 0.3) is 0 Å². The van der Waals surface area contributed by atoms with Gasteiger partial charge in [-0.1, -0.05) is 23.2 Å². The number of hydrogen-bond donors (Lipinski definition) is 1. The summed E-state index contributed by atoms with van der Waals surface area (Å²) in [6, 6.07) is 5.25. The molecule has 1 aromatic rings. The van der Waals surface area contributed by atoms with E-state index in [1.54, 1.807) is 18.2 Å².